The molecule has 31 heavy (non-hydrogen) atoms. The van der Waals surface area contributed by atoms with E-state index < -0.39 is 0 Å². The van der Waals surface area contributed by atoms with E-state index in [1.165, 1.54) is 11.3 Å². The van der Waals surface area contributed by atoms with Gasteiger partial charge in [-0.3, -0.25) is 4.98 Å². The SMILES string of the molecule is Cc1nc(-c2c(C)nc(N3CCC4(CC3)Cc3ncccc3[C@H]4N)c3ccnn23)cs1. The maximum Gasteiger partial charge on any atom is 0.155 e. The number of hydrogen-bond donors (Lipinski definition) is 1. The monoisotopic (exact) mass is 431 g/mol. The number of anilines is 1. The highest BCUT2D eigenvalue weighted by molar-refractivity contribution is 7.09. The van der Waals surface area contributed by atoms with Crippen LogP contribution in [0, 0.1) is 19.3 Å². The summed E-state index contributed by atoms with van der Waals surface area (Å²) in [4.78, 5) is 16.7. The fourth-order valence-corrected chi connectivity index (χ4v) is 5.98. The molecule has 1 fully saturated rings. The lowest BCUT2D eigenvalue weighted by atomic mass is 9.73. The van der Waals surface area contributed by atoms with Crippen LogP contribution in [-0.4, -0.2) is 37.7 Å². The van der Waals surface area contributed by atoms with Crippen molar-refractivity contribution in [2.24, 2.45) is 11.1 Å². The Labute approximate surface area is 185 Å². The van der Waals surface area contributed by atoms with Gasteiger partial charge in [-0.2, -0.15) is 5.10 Å². The van der Waals surface area contributed by atoms with Gasteiger partial charge in [0.05, 0.1) is 16.9 Å². The molecule has 1 aliphatic heterocycles. The van der Waals surface area contributed by atoms with Gasteiger partial charge in [0, 0.05) is 36.4 Å². The Morgan fingerprint density at radius 1 is 1.13 bits per heavy atom. The van der Waals surface area contributed by atoms with Crippen LogP contribution >= 0.6 is 11.3 Å². The molecular weight excluding hydrogens is 406 g/mol. The average molecular weight is 432 g/mol. The van der Waals surface area contributed by atoms with Crippen molar-refractivity contribution in [3.8, 4) is 11.4 Å². The molecule has 0 bridgehead atoms. The molecule has 1 atom stereocenters. The maximum atomic E-state index is 6.73. The minimum Gasteiger partial charge on any atom is -0.355 e. The predicted octanol–water partition coefficient (Wildman–Crippen LogP) is 3.71. The van der Waals surface area contributed by atoms with Crippen LogP contribution in [0.5, 0.6) is 0 Å². The second-order valence-corrected chi connectivity index (χ2v) is 9.85. The van der Waals surface area contributed by atoms with Crippen LogP contribution in [-0.2, 0) is 6.42 Å². The Balaban J connectivity index is 1.32. The second kappa shape index (κ2) is 6.83. The van der Waals surface area contributed by atoms with E-state index in [1.54, 1.807) is 11.3 Å². The first kappa shape index (κ1) is 18.9. The van der Waals surface area contributed by atoms with Crippen molar-refractivity contribution in [2.75, 3.05) is 18.0 Å². The van der Waals surface area contributed by atoms with Crippen molar-refractivity contribution in [1.82, 2.24) is 24.6 Å². The van der Waals surface area contributed by atoms with Gasteiger partial charge in [0.25, 0.3) is 0 Å². The van der Waals surface area contributed by atoms with Gasteiger partial charge in [-0.05, 0) is 56.2 Å². The molecule has 8 heteroatoms. The quantitative estimate of drug-likeness (QED) is 0.521. The molecular formula is C23H25N7S. The molecule has 0 unspecified atom stereocenters. The number of rotatable bonds is 2. The van der Waals surface area contributed by atoms with E-state index in [9.17, 15) is 0 Å². The summed E-state index contributed by atoms with van der Waals surface area (Å²) in [6.45, 7) is 5.94. The van der Waals surface area contributed by atoms with Gasteiger partial charge in [-0.15, -0.1) is 11.3 Å². The normalized spacial score (nSPS) is 20.0. The van der Waals surface area contributed by atoms with E-state index in [0.29, 0.717) is 0 Å². The van der Waals surface area contributed by atoms with Gasteiger partial charge in [0.1, 0.15) is 16.9 Å². The lowest BCUT2D eigenvalue weighted by molar-refractivity contribution is 0.187. The van der Waals surface area contributed by atoms with Gasteiger partial charge in [-0.25, -0.2) is 14.5 Å². The van der Waals surface area contributed by atoms with Crippen LogP contribution in [0.25, 0.3) is 16.9 Å². The first-order valence-electron chi connectivity index (χ1n) is 10.8. The van der Waals surface area contributed by atoms with E-state index in [1.807, 2.05) is 29.9 Å². The number of nitrogens with zero attached hydrogens (tertiary/aromatic N) is 6. The van der Waals surface area contributed by atoms with Crippen LogP contribution in [0.1, 0.15) is 40.8 Å². The third-order valence-corrected chi connectivity index (χ3v) is 7.83. The fraction of sp³-hybridized carbons (Fsp3) is 0.391. The summed E-state index contributed by atoms with van der Waals surface area (Å²) in [5, 5.41) is 7.74. The molecule has 2 aliphatic rings. The molecule has 0 amide bonds. The highest BCUT2D eigenvalue weighted by Gasteiger charge is 2.46. The molecule has 5 heterocycles. The summed E-state index contributed by atoms with van der Waals surface area (Å²) in [6, 6.07) is 6.27. The van der Waals surface area contributed by atoms with Crippen molar-refractivity contribution in [1.29, 1.82) is 0 Å². The topological polar surface area (TPSA) is 85.2 Å². The lowest BCUT2D eigenvalue weighted by Crippen LogP contribution is -2.44. The average Bonchev–Trinajstić information content (AvgIpc) is 3.48. The molecule has 1 saturated heterocycles. The zero-order chi connectivity index (χ0) is 21.2. The van der Waals surface area contributed by atoms with Crippen molar-refractivity contribution < 1.29 is 0 Å². The Morgan fingerprint density at radius 2 is 1.97 bits per heavy atom. The largest absolute Gasteiger partial charge is 0.355 e. The van der Waals surface area contributed by atoms with Gasteiger partial charge >= 0.3 is 0 Å². The Bertz CT molecular complexity index is 1280. The number of fused-ring (bicyclic) bond motifs is 2. The van der Waals surface area contributed by atoms with Crippen molar-refractivity contribution in [3.63, 3.8) is 0 Å². The zero-order valence-corrected chi connectivity index (χ0v) is 18.6. The fourth-order valence-electron chi connectivity index (χ4n) is 5.38. The van der Waals surface area contributed by atoms with Crippen LogP contribution in [0.2, 0.25) is 0 Å². The number of aryl methyl sites for hydroxylation is 2. The van der Waals surface area contributed by atoms with E-state index in [4.69, 9.17) is 10.7 Å². The van der Waals surface area contributed by atoms with Crippen LogP contribution in [0.3, 0.4) is 0 Å². The van der Waals surface area contributed by atoms with Crippen molar-refractivity contribution in [3.05, 3.63) is 57.9 Å². The van der Waals surface area contributed by atoms with E-state index >= 15 is 0 Å². The summed E-state index contributed by atoms with van der Waals surface area (Å²) in [6.07, 6.45) is 6.80. The van der Waals surface area contributed by atoms with Crippen molar-refractivity contribution in [2.45, 2.75) is 39.2 Å². The minimum absolute atomic E-state index is 0.0679. The number of nitrogens with two attached hydrogens (primary N) is 1. The molecule has 7 nitrogen and oxygen atoms in total. The summed E-state index contributed by atoms with van der Waals surface area (Å²) in [5.74, 6) is 1.00. The first-order valence-corrected chi connectivity index (χ1v) is 11.6. The Hall–Kier alpha value is -2.84. The molecule has 0 saturated carbocycles. The predicted molar refractivity (Wildman–Crippen MR) is 122 cm³/mol. The Kier molecular flexibility index (Phi) is 4.16. The maximum absolute atomic E-state index is 6.73. The third-order valence-electron chi connectivity index (χ3n) is 7.06. The van der Waals surface area contributed by atoms with Gasteiger partial charge in [0.15, 0.2) is 5.82 Å². The molecule has 4 aromatic heterocycles. The van der Waals surface area contributed by atoms with Crippen LogP contribution < -0.4 is 10.6 Å². The molecule has 4 aromatic rings. The van der Waals surface area contributed by atoms with Crippen LogP contribution in [0.15, 0.2) is 36.0 Å². The molecule has 158 valence electrons. The summed E-state index contributed by atoms with van der Waals surface area (Å²) >= 11 is 1.65. The molecule has 1 aliphatic carbocycles. The number of aromatic nitrogens is 5. The van der Waals surface area contributed by atoms with E-state index in [-0.39, 0.29) is 11.5 Å². The lowest BCUT2D eigenvalue weighted by Gasteiger charge is -2.42. The van der Waals surface area contributed by atoms with Crippen molar-refractivity contribution >= 4 is 22.7 Å². The number of thiazole rings is 1. The Morgan fingerprint density at radius 3 is 2.71 bits per heavy atom. The molecule has 0 aromatic carbocycles. The number of hydrogen-bond acceptors (Lipinski definition) is 7. The number of piperidine rings is 1. The minimum atomic E-state index is 0.0679. The summed E-state index contributed by atoms with van der Waals surface area (Å²) in [7, 11) is 0. The second-order valence-electron chi connectivity index (χ2n) is 8.79. The van der Waals surface area contributed by atoms with Crippen LogP contribution in [0.4, 0.5) is 5.82 Å². The summed E-state index contributed by atoms with van der Waals surface area (Å²) < 4.78 is 2.00. The zero-order valence-electron chi connectivity index (χ0n) is 17.7. The first-order chi connectivity index (χ1) is 15.1. The van der Waals surface area contributed by atoms with E-state index in [2.05, 4.69) is 44.4 Å². The third kappa shape index (κ3) is 2.81. The van der Waals surface area contributed by atoms with Gasteiger partial charge in [-0.1, -0.05) is 6.07 Å². The van der Waals surface area contributed by atoms with E-state index in [0.717, 1.165) is 65.8 Å². The molecule has 1 spiro atoms. The molecule has 6 rings (SSSR count). The van der Waals surface area contributed by atoms with Gasteiger partial charge < -0.3 is 10.6 Å². The smallest absolute Gasteiger partial charge is 0.155 e. The number of pyridine rings is 1. The highest BCUT2D eigenvalue weighted by Crippen LogP contribution is 2.50. The standard InChI is InChI=1S/C23H25N7S/c1-14-20(18-13-31-15(2)28-18)30-19(5-9-26-30)22(27-14)29-10-6-23(7-11-29)12-17-16(21(23)24)4-3-8-25-17/h3-5,8-9,13,21H,6-7,10-12,24H2,1-2H3/t21-/m1/s1. The molecule has 0 radical (unpaired) electrons. The molecule has 2 N–H and O–H groups in total. The summed E-state index contributed by atoms with van der Waals surface area (Å²) in [5.41, 5.74) is 13.1. The highest BCUT2D eigenvalue weighted by atomic mass is 32.1. The van der Waals surface area contributed by atoms with Gasteiger partial charge in [0.2, 0.25) is 0 Å².